The fraction of sp³-hybridized carbons (Fsp3) is 0.400. The SMILES string of the molecule is CC(O)CNc1ccc(C(F)(F)F)cc1Br. The molecule has 0 radical (unpaired) electrons. The maximum atomic E-state index is 12.3. The molecule has 0 aliphatic heterocycles. The number of aliphatic hydroxyl groups is 1. The van der Waals surface area contributed by atoms with Gasteiger partial charge in [0.1, 0.15) is 0 Å². The normalized spacial score (nSPS) is 13.6. The summed E-state index contributed by atoms with van der Waals surface area (Å²) in [6, 6.07) is 3.33. The summed E-state index contributed by atoms with van der Waals surface area (Å²) >= 11 is 3.05. The third kappa shape index (κ3) is 3.68. The van der Waals surface area contributed by atoms with Crippen molar-refractivity contribution >= 4 is 21.6 Å². The maximum Gasteiger partial charge on any atom is 0.416 e. The predicted octanol–water partition coefficient (Wildman–Crippen LogP) is 3.26. The van der Waals surface area contributed by atoms with E-state index in [1.165, 1.54) is 6.07 Å². The Labute approximate surface area is 99.6 Å². The molecular formula is C10H11BrF3NO. The largest absolute Gasteiger partial charge is 0.416 e. The minimum atomic E-state index is -4.34. The number of aliphatic hydroxyl groups excluding tert-OH is 1. The van der Waals surface area contributed by atoms with Crippen LogP contribution in [0.25, 0.3) is 0 Å². The molecule has 0 saturated heterocycles. The van der Waals surface area contributed by atoms with E-state index in [0.29, 0.717) is 10.2 Å². The van der Waals surface area contributed by atoms with Gasteiger partial charge in [0.05, 0.1) is 11.7 Å². The Morgan fingerprint density at radius 1 is 1.44 bits per heavy atom. The van der Waals surface area contributed by atoms with Gasteiger partial charge in [0.2, 0.25) is 0 Å². The quantitative estimate of drug-likeness (QED) is 0.897. The van der Waals surface area contributed by atoms with Crippen LogP contribution in [0.3, 0.4) is 0 Å². The van der Waals surface area contributed by atoms with E-state index < -0.39 is 17.8 Å². The van der Waals surface area contributed by atoms with Crippen LogP contribution in [-0.2, 0) is 6.18 Å². The molecule has 0 spiro atoms. The van der Waals surface area contributed by atoms with Crippen LogP contribution in [0.1, 0.15) is 12.5 Å². The van der Waals surface area contributed by atoms with Crippen molar-refractivity contribution < 1.29 is 18.3 Å². The Hall–Kier alpha value is -0.750. The Morgan fingerprint density at radius 2 is 2.06 bits per heavy atom. The minimum absolute atomic E-state index is 0.282. The topological polar surface area (TPSA) is 32.3 Å². The number of halogens is 4. The molecule has 6 heteroatoms. The Kier molecular flexibility index (Phi) is 4.21. The third-order valence-electron chi connectivity index (χ3n) is 1.88. The molecule has 2 nitrogen and oxygen atoms in total. The minimum Gasteiger partial charge on any atom is -0.392 e. The molecule has 0 aliphatic carbocycles. The van der Waals surface area contributed by atoms with Gasteiger partial charge < -0.3 is 10.4 Å². The van der Waals surface area contributed by atoms with Crippen LogP contribution in [0.2, 0.25) is 0 Å². The maximum absolute atomic E-state index is 12.3. The zero-order chi connectivity index (χ0) is 12.3. The second-order valence-electron chi connectivity index (χ2n) is 3.42. The number of rotatable bonds is 3. The second kappa shape index (κ2) is 5.05. The number of anilines is 1. The summed E-state index contributed by atoms with van der Waals surface area (Å²) in [5.74, 6) is 0. The molecule has 0 fully saturated rings. The van der Waals surface area contributed by atoms with Crippen LogP contribution >= 0.6 is 15.9 Å². The van der Waals surface area contributed by atoms with Crippen LogP contribution in [0.5, 0.6) is 0 Å². The highest BCUT2D eigenvalue weighted by atomic mass is 79.9. The average molecular weight is 298 g/mol. The third-order valence-corrected chi connectivity index (χ3v) is 2.54. The lowest BCUT2D eigenvalue weighted by molar-refractivity contribution is -0.137. The standard InChI is InChI=1S/C10H11BrF3NO/c1-6(16)5-15-9-3-2-7(4-8(9)11)10(12,13)14/h2-4,6,15-16H,5H2,1H3. The number of benzene rings is 1. The zero-order valence-electron chi connectivity index (χ0n) is 8.48. The Bertz CT molecular complexity index is 366. The lowest BCUT2D eigenvalue weighted by Crippen LogP contribution is -2.15. The zero-order valence-corrected chi connectivity index (χ0v) is 10.1. The van der Waals surface area contributed by atoms with Gasteiger partial charge in [-0.05, 0) is 41.1 Å². The van der Waals surface area contributed by atoms with Gasteiger partial charge in [-0.1, -0.05) is 0 Å². The molecule has 1 aromatic carbocycles. The van der Waals surface area contributed by atoms with E-state index in [1.54, 1.807) is 6.92 Å². The average Bonchev–Trinajstić information content (AvgIpc) is 2.14. The van der Waals surface area contributed by atoms with E-state index in [1.807, 2.05) is 0 Å². The number of nitrogens with one attached hydrogen (secondary N) is 1. The van der Waals surface area contributed by atoms with Crippen molar-refractivity contribution in [2.24, 2.45) is 0 Å². The molecule has 0 aliphatic rings. The highest BCUT2D eigenvalue weighted by Gasteiger charge is 2.30. The van der Waals surface area contributed by atoms with E-state index in [0.717, 1.165) is 12.1 Å². The van der Waals surface area contributed by atoms with Crippen LogP contribution in [-0.4, -0.2) is 17.8 Å². The van der Waals surface area contributed by atoms with Gasteiger partial charge in [0, 0.05) is 16.7 Å². The van der Waals surface area contributed by atoms with Gasteiger partial charge in [0.25, 0.3) is 0 Å². The van der Waals surface area contributed by atoms with E-state index in [-0.39, 0.29) is 6.54 Å². The highest BCUT2D eigenvalue weighted by Crippen LogP contribution is 2.33. The Morgan fingerprint density at radius 3 is 2.50 bits per heavy atom. The van der Waals surface area contributed by atoms with Crippen molar-refractivity contribution in [3.8, 4) is 0 Å². The fourth-order valence-electron chi connectivity index (χ4n) is 1.09. The lowest BCUT2D eigenvalue weighted by atomic mass is 10.2. The first kappa shape index (κ1) is 13.3. The molecule has 1 aromatic rings. The van der Waals surface area contributed by atoms with Crippen molar-refractivity contribution in [3.05, 3.63) is 28.2 Å². The fourth-order valence-corrected chi connectivity index (χ4v) is 1.61. The van der Waals surface area contributed by atoms with Crippen molar-refractivity contribution in [2.75, 3.05) is 11.9 Å². The van der Waals surface area contributed by atoms with Crippen molar-refractivity contribution in [2.45, 2.75) is 19.2 Å². The van der Waals surface area contributed by atoms with Gasteiger partial charge in [-0.15, -0.1) is 0 Å². The molecule has 1 rings (SSSR count). The van der Waals surface area contributed by atoms with Crippen LogP contribution < -0.4 is 5.32 Å². The van der Waals surface area contributed by atoms with Gasteiger partial charge in [-0.25, -0.2) is 0 Å². The summed E-state index contributed by atoms with van der Waals surface area (Å²) < 4.78 is 37.3. The van der Waals surface area contributed by atoms with Crippen LogP contribution in [0.4, 0.5) is 18.9 Å². The van der Waals surface area contributed by atoms with Crippen molar-refractivity contribution in [1.82, 2.24) is 0 Å². The summed E-state index contributed by atoms with van der Waals surface area (Å²) in [6.45, 7) is 1.87. The van der Waals surface area contributed by atoms with Crippen molar-refractivity contribution in [3.63, 3.8) is 0 Å². The summed E-state index contributed by atoms with van der Waals surface area (Å²) in [7, 11) is 0. The van der Waals surface area contributed by atoms with Crippen molar-refractivity contribution in [1.29, 1.82) is 0 Å². The second-order valence-corrected chi connectivity index (χ2v) is 4.28. The number of hydrogen-bond acceptors (Lipinski definition) is 2. The molecule has 0 heterocycles. The molecule has 16 heavy (non-hydrogen) atoms. The van der Waals surface area contributed by atoms with Crippen LogP contribution in [0.15, 0.2) is 22.7 Å². The number of hydrogen-bond donors (Lipinski definition) is 2. The van der Waals surface area contributed by atoms with Gasteiger partial charge >= 0.3 is 6.18 Å². The molecule has 2 N–H and O–H groups in total. The first-order chi connectivity index (χ1) is 7.30. The highest BCUT2D eigenvalue weighted by molar-refractivity contribution is 9.10. The predicted molar refractivity (Wildman–Crippen MR) is 59.3 cm³/mol. The first-order valence-corrected chi connectivity index (χ1v) is 5.38. The van der Waals surface area contributed by atoms with Gasteiger partial charge in [-0.3, -0.25) is 0 Å². The molecule has 1 unspecified atom stereocenters. The van der Waals surface area contributed by atoms with E-state index >= 15 is 0 Å². The summed E-state index contributed by atoms with van der Waals surface area (Å²) in [4.78, 5) is 0. The van der Waals surface area contributed by atoms with E-state index in [2.05, 4.69) is 21.2 Å². The number of alkyl halides is 3. The molecule has 0 bridgehead atoms. The summed E-state index contributed by atoms with van der Waals surface area (Å²) in [6.07, 6.45) is -4.90. The van der Waals surface area contributed by atoms with Gasteiger partial charge in [0.15, 0.2) is 0 Å². The Balaban J connectivity index is 2.84. The van der Waals surface area contributed by atoms with E-state index in [4.69, 9.17) is 5.11 Å². The molecule has 0 saturated carbocycles. The lowest BCUT2D eigenvalue weighted by Gasteiger charge is -2.12. The smallest absolute Gasteiger partial charge is 0.392 e. The molecule has 0 amide bonds. The monoisotopic (exact) mass is 297 g/mol. The first-order valence-electron chi connectivity index (χ1n) is 4.59. The summed E-state index contributed by atoms with van der Waals surface area (Å²) in [5, 5.41) is 11.9. The van der Waals surface area contributed by atoms with Crippen LogP contribution in [0, 0.1) is 0 Å². The molecule has 1 atom stereocenters. The van der Waals surface area contributed by atoms with Gasteiger partial charge in [-0.2, -0.15) is 13.2 Å². The summed E-state index contributed by atoms with van der Waals surface area (Å²) in [5.41, 5.74) is -0.184. The van der Waals surface area contributed by atoms with E-state index in [9.17, 15) is 13.2 Å². The molecule has 0 aromatic heterocycles. The molecular weight excluding hydrogens is 287 g/mol. The molecule has 90 valence electrons.